The maximum atomic E-state index is 12.6. The summed E-state index contributed by atoms with van der Waals surface area (Å²) in [5, 5.41) is 15.8. The molecule has 2 aromatic carbocycles. The summed E-state index contributed by atoms with van der Waals surface area (Å²) in [6.07, 6.45) is 0. The quantitative estimate of drug-likeness (QED) is 0.384. The van der Waals surface area contributed by atoms with Gasteiger partial charge in [-0.1, -0.05) is 42.0 Å². The lowest BCUT2D eigenvalue weighted by atomic mass is 10.0. The Bertz CT molecular complexity index is 1070. The van der Waals surface area contributed by atoms with Crippen LogP contribution in [0.2, 0.25) is 0 Å². The summed E-state index contributed by atoms with van der Waals surface area (Å²) in [6, 6.07) is 13.2. The highest BCUT2D eigenvalue weighted by Crippen LogP contribution is 2.37. The first-order valence-electron chi connectivity index (χ1n) is 8.24. The largest absolute Gasteiger partial charge is 0.465 e. The maximum Gasteiger partial charge on any atom is 0.341 e. The van der Waals surface area contributed by atoms with Crippen LogP contribution < -0.4 is 5.32 Å². The smallest absolute Gasteiger partial charge is 0.341 e. The number of nitrogens with zero attached hydrogens (tertiary/aromatic N) is 1. The van der Waals surface area contributed by atoms with Crippen LogP contribution >= 0.6 is 11.3 Å². The van der Waals surface area contributed by atoms with Gasteiger partial charge in [0, 0.05) is 17.0 Å². The number of ether oxygens (including phenoxy) is 1. The number of carbonyl (C=O) groups excluding carboxylic acids is 2. The molecule has 142 valence electrons. The van der Waals surface area contributed by atoms with Crippen LogP contribution in [0.3, 0.4) is 0 Å². The highest BCUT2D eigenvalue weighted by Gasteiger charge is 2.25. The van der Waals surface area contributed by atoms with Crippen LogP contribution in [0.25, 0.3) is 11.1 Å². The number of esters is 1. The molecule has 1 amide bonds. The number of aryl methyl sites for hydroxylation is 1. The van der Waals surface area contributed by atoms with Crippen molar-refractivity contribution in [2.45, 2.75) is 6.92 Å². The average Bonchev–Trinajstić information content (AvgIpc) is 3.10. The number of benzene rings is 2. The average molecular weight is 396 g/mol. The van der Waals surface area contributed by atoms with Gasteiger partial charge in [0.15, 0.2) is 0 Å². The second-order valence-corrected chi connectivity index (χ2v) is 6.82. The van der Waals surface area contributed by atoms with E-state index in [1.54, 1.807) is 5.38 Å². The molecule has 1 heterocycles. The van der Waals surface area contributed by atoms with Crippen LogP contribution in [0.15, 0.2) is 53.9 Å². The fourth-order valence-electron chi connectivity index (χ4n) is 2.77. The summed E-state index contributed by atoms with van der Waals surface area (Å²) < 4.78 is 4.89. The summed E-state index contributed by atoms with van der Waals surface area (Å²) in [6.45, 7) is 1.94. The van der Waals surface area contributed by atoms with Crippen molar-refractivity contribution in [3.05, 3.63) is 80.7 Å². The number of hydrogen-bond acceptors (Lipinski definition) is 6. The van der Waals surface area contributed by atoms with Crippen LogP contribution in [-0.4, -0.2) is 23.9 Å². The van der Waals surface area contributed by atoms with Gasteiger partial charge < -0.3 is 10.1 Å². The monoisotopic (exact) mass is 396 g/mol. The Morgan fingerprint density at radius 1 is 1.14 bits per heavy atom. The van der Waals surface area contributed by atoms with Gasteiger partial charge in [0.2, 0.25) is 0 Å². The molecule has 0 fully saturated rings. The minimum absolute atomic E-state index is 0.0891. The lowest BCUT2D eigenvalue weighted by Crippen LogP contribution is -2.15. The molecule has 3 rings (SSSR count). The number of anilines is 1. The first-order valence-corrected chi connectivity index (χ1v) is 9.12. The van der Waals surface area contributed by atoms with Crippen molar-refractivity contribution in [1.29, 1.82) is 0 Å². The molecular formula is C20H16N2O5S. The highest BCUT2D eigenvalue weighted by molar-refractivity contribution is 7.15. The predicted octanol–water partition coefficient (Wildman–Crippen LogP) is 4.67. The summed E-state index contributed by atoms with van der Waals surface area (Å²) in [7, 11) is 1.26. The number of rotatable bonds is 5. The first kappa shape index (κ1) is 19.2. The minimum Gasteiger partial charge on any atom is -0.465 e. The van der Waals surface area contributed by atoms with Gasteiger partial charge in [-0.25, -0.2) is 4.79 Å². The fourth-order valence-corrected chi connectivity index (χ4v) is 3.73. The SMILES string of the molecule is COC(=O)c1c(-c2cccc(C)c2)csc1NC(=O)c1ccccc1[N+](=O)[O-]. The number of nitro benzene ring substituents is 1. The second kappa shape index (κ2) is 8.01. The molecule has 28 heavy (non-hydrogen) atoms. The van der Waals surface area contributed by atoms with Crippen molar-refractivity contribution < 1.29 is 19.2 Å². The van der Waals surface area contributed by atoms with E-state index in [0.29, 0.717) is 5.56 Å². The lowest BCUT2D eigenvalue weighted by molar-refractivity contribution is -0.385. The molecule has 0 atom stereocenters. The van der Waals surface area contributed by atoms with Crippen molar-refractivity contribution in [3.63, 3.8) is 0 Å². The molecule has 0 saturated carbocycles. The molecule has 0 aliphatic heterocycles. The molecule has 0 aliphatic carbocycles. The Labute approximate surface area is 164 Å². The standard InChI is InChI=1S/C20H16N2O5S/c1-12-6-5-7-13(10-12)15-11-28-19(17(15)20(24)27-2)21-18(23)14-8-3-4-9-16(14)22(25)26/h3-11H,1-2H3,(H,21,23). The van der Waals surface area contributed by atoms with E-state index in [9.17, 15) is 19.7 Å². The summed E-state index contributed by atoms with van der Waals surface area (Å²) in [5.74, 6) is -1.27. The van der Waals surface area contributed by atoms with Crippen LogP contribution in [0.5, 0.6) is 0 Å². The topological polar surface area (TPSA) is 98.5 Å². The normalized spacial score (nSPS) is 10.4. The summed E-state index contributed by atoms with van der Waals surface area (Å²) in [4.78, 5) is 35.6. The molecule has 0 radical (unpaired) electrons. The maximum absolute atomic E-state index is 12.6. The van der Waals surface area contributed by atoms with Gasteiger partial charge in [-0.2, -0.15) is 0 Å². The molecule has 0 bridgehead atoms. The van der Waals surface area contributed by atoms with Crippen molar-refractivity contribution >= 4 is 33.9 Å². The Kier molecular flexibility index (Phi) is 5.51. The number of hydrogen-bond donors (Lipinski definition) is 1. The molecular weight excluding hydrogens is 380 g/mol. The first-order chi connectivity index (χ1) is 13.4. The number of thiophene rings is 1. The van der Waals surface area contributed by atoms with Crippen LogP contribution in [-0.2, 0) is 4.74 Å². The number of nitro groups is 1. The zero-order chi connectivity index (χ0) is 20.3. The number of nitrogens with one attached hydrogen (secondary N) is 1. The van der Waals surface area contributed by atoms with Gasteiger partial charge in [0.1, 0.15) is 16.1 Å². The molecule has 0 spiro atoms. The van der Waals surface area contributed by atoms with E-state index in [1.807, 2.05) is 31.2 Å². The van der Waals surface area contributed by atoms with Crippen molar-refractivity contribution in [3.8, 4) is 11.1 Å². The van der Waals surface area contributed by atoms with E-state index >= 15 is 0 Å². The number of methoxy groups -OCH3 is 1. The van der Waals surface area contributed by atoms with Crippen LogP contribution in [0.1, 0.15) is 26.3 Å². The van der Waals surface area contributed by atoms with Crippen LogP contribution in [0.4, 0.5) is 10.7 Å². The van der Waals surface area contributed by atoms with Crippen molar-refractivity contribution in [2.75, 3.05) is 12.4 Å². The molecule has 1 aromatic heterocycles. The van der Waals surface area contributed by atoms with Crippen molar-refractivity contribution in [1.82, 2.24) is 0 Å². The van der Waals surface area contributed by atoms with E-state index in [0.717, 1.165) is 22.5 Å². The second-order valence-electron chi connectivity index (χ2n) is 5.94. The number of amides is 1. The van der Waals surface area contributed by atoms with Gasteiger partial charge in [-0.3, -0.25) is 14.9 Å². The Hall–Kier alpha value is -3.52. The third kappa shape index (κ3) is 3.77. The van der Waals surface area contributed by atoms with Crippen molar-refractivity contribution in [2.24, 2.45) is 0 Å². The Morgan fingerprint density at radius 3 is 2.57 bits per heavy atom. The highest BCUT2D eigenvalue weighted by atomic mass is 32.1. The van der Waals surface area contributed by atoms with E-state index in [-0.39, 0.29) is 21.8 Å². The minimum atomic E-state index is -0.671. The van der Waals surface area contributed by atoms with E-state index in [2.05, 4.69) is 5.32 Å². The molecule has 7 nitrogen and oxygen atoms in total. The molecule has 8 heteroatoms. The third-order valence-corrected chi connectivity index (χ3v) is 4.98. The van der Waals surface area contributed by atoms with Gasteiger partial charge in [0.05, 0.1) is 12.0 Å². The Balaban J connectivity index is 2.03. The van der Waals surface area contributed by atoms with Gasteiger partial charge in [-0.15, -0.1) is 11.3 Å². The molecule has 3 aromatic rings. The molecule has 0 saturated heterocycles. The molecule has 1 N–H and O–H groups in total. The van der Waals surface area contributed by atoms with E-state index < -0.39 is 16.8 Å². The van der Waals surface area contributed by atoms with Gasteiger partial charge >= 0.3 is 5.97 Å². The van der Waals surface area contributed by atoms with Crippen LogP contribution in [0, 0.1) is 17.0 Å². The summed E-state index contributed by atoms with van der Waals surface area (Å²) >= 11 is 1.16. The lowest BCUT2D eigenvalue weighted by Gasteiger charge is -2.08. The zero-order valence-electron chi connectivity index (χ0n) is 15.1. The number of para-hydroxylation sites is 1. The predicted molar refractivity (Wildman–Crippen MR) is 107 cm³/mol. The molecule has 0 aliphatic rings. The van der Waals surface area contributed by atoms with Gasteiger partial charge in [-0.05, 0) is 18.6 Å². The zero-order valence-corrected chi connectivity index (χ0v) is 15.9. The summed E-state index contributed by atoms with van der Waals surface area (Å²) in [5.41, 5.74) is 2.26. The van der Waals surface area contributed by atoms with E-state index in [1.165, 1.54) is 31.4 Å². The van der Waals surface area contributed by atoms with Gasteiger partial charge in [0.25, 0.3) is 11.6 Å². The Morgan fingerprint density at radius 2 is 1.89 bits per heavy atom. The fraction of sp³-hybridized carbons (Fsp3) is 0.100. The third-order valence-electron chi connectivity index (χ3n) is 4.08. The molecule has 0 unspecified atom stereocenters. The van der Waals surface area contributed by atoms with E-state index in [4.69, 9.17) is 4.74 Å². The number of carbonyl (C=O) groups is 2.